The Kier molecular flexibility index (Phi) is 22.1. The van der Waals surface area contributed by atoms with Crippen molar-refractivity contribution < 1.29 is 61.3 Å². The van der Waals surface area contributed by atoms with Crippen molar-refractivity contribution in [3.63, 3.8) is 0 Å². The molecular weight excluding hydrogens is 312 g/mol. The quantitative estimate of drug-likeness (QED) is 0.315. The minimum atomic E-state index is -2.19. The van der Waals surface area contributed by atoms with Crippen molar-refractivity contribution in [2.75, 3.05) is 0 Å². The molecule has 0 saturated carbocycles. The SMILES string of the molecule is O=C([O-])C(=O)[O-].O=C([O-])C(=O)[O-].[Sr+2].[Ti+4]. The molecule has 0 spiro atoms. The minimum absolute atomic E-state index is 0. The zero-order valence-electron chi connectivity index (χ0n) is 6.47. The fourth-order valence-corrected chi connectivity index (χ4v) is 0. The maximum atomic E-state index is 8.93. The van der Waals surface area contributed by atoms with Crippen molar-refractivity contribution in [3.8, 4) is 0 Å². The molecule has 0 amide bonds. The molecule has 0 N–H and O–H groups in total. The normalized spacial score (nSPS) is 6.29. The van der Waals surface area contributed by atoms with E-state index in [1.54, 1.807) is 0 Å². The van der Waals surface area contributed by atoms with Gasteiger partial charge in [-0.2, -0.15) is 0 Å². The van der Waals surface area contributed by atoms with Crippen LogP contribution in [0.5, 0.6) is 0 Å². The molecule has 0 atom stereocenters. The molecule has 0 bridgehead atoms. The number of rotatable bonds is 0. The molecule has 0 aromatic carbocycles. The van der Waals surface area contributed by atoms with Gasteiger partial charge in [0.1, 0.15) is 0 Å². The average molecular weight is 312 g/mol. The van der Waals surface area contributed by atoms with Crippen molar-refractivity contribution in [2.45, 2.75) is 0 Å². The van der Waals surface area contributed by atoms with Gasteiger partial charge in [-0.25, -0.2) is 0 Å². The molecule has 0 aliphatic heterocycles. The Labute approximate surface area is 129 Å². The Morgan fingerprint density at radius 2 is 0.643 bits per heavy atom. The van der Waals surface area contributed by atoms with Gasteiger partial charge in [0.2, 0.25) is 0 Å². The summed E-state index contributed by atoms with van der Waals surface area (Å²) in [6.45, 7) is 0. The molecule has 0 aliphatic carbocycles. The third-order valence-electron chi connectivity index (χ3n) is 0.333. The van der Waals surface area contributed by atoms with E-state index in [1.165, 1.54) is 0 Å². The van der Waals surface area contributed by atoms with Gasteiger partial charge < -0.3 is 39.6 Å². The van der Waals surface area contributed by atoms with E-state index in [-0.39, 0.29) is 67.2 Å². The second-order valence-electron chi connectivity index (χ2n) is 1.15. The van der Waals surface area contributed by atoms with Gasteiger partial charge in [0.15, 0.2) is 0 Å². The molecule has 0 aliphatic rings. The number of carboxylic acid groups (broad SMARTS) is 4. The van der Waals surface area contributed by atoms with Gasteiger partial charge in [0.05, 0.1) is 23.9 Å². The third kappa shape index (κ3) is 22.7. The van der Waals surface area contributed by atoms with Gasteiger partial charge in [-0.3, -0.25) is 0 Å². The van der Waals surface area contributed by atoms with Crippen LogP contribution in [0, 0.1) is 0 Å². The van der Waals surface area contributed by atoms with Crippen LogP contribution >= 0.6 is 0 Å². The summed E-state index contributed by atoms with van der Waals surface area (Å²) < 4.78 is 0. The summed E-state index contributed by atoms with van der Waals surface area (Å²) in [6, 6.07) is 0. The Balaban J connectivity index is -0.0000000625. The molecule has 0 saturated heterocycles. The summed E-state index contributed by atoms with van der Waals surface area (Å²) in [5.41, 5.74) is 0. The summed E-state index contributed by atoms with van der Waals surface area (Å²) in [6.07, 6.45) is 0. The predicted molar refractivity (Wildman–Crippen MR) is 25.8 cm³/mol. The minimum Gasteiger partial charge on any atom is -0.543 e. The van der Waals surface area contributed by atoms with Crippen LogP contribution in [-0.2, 0) is 40.9 Å². The predicted octanol–water partition coefficient (Wildman–Crippen LogP) is -7.41. The fourth-order valence-electron chi connectivity index (χ4n) is 0. The fraction of sp³-hybridized carbons (Fsp3) is 0. The van der Waals surface area contributed by atoms with E-state index in [2.05, 4.69) is 0 Å². The van der Waals surface area contributed by atoms with Crippen LogP contribution in [0.4, 0.5) is 0 Å². The van der Waals surface area contributed by atoms with Crippen LogP contribution in [0.1, 0.15) is 0 Å². The first-order valence-electron chi connectivity index (χ1n) is 2.13. The zero-order valence-corrected chi connectivity index (χ0v) is 11.5. The number of carbonyl (C=O) groups excluding carboxylic acids is 4. The van der Waals surface area contributed by atoms with Crippen LogP contribution in [0.3, 0.4) is 0 Å². The molecule has 0 rings (SSSR count). The van der Waals surface area contributed by atoms with Crippen molar-refractivity contribution in [3.05, 3.63) is 0 Å². The maximum absolute atomic E-state index is 8.93. The number of carbonyl (C=O) groups is 4. The molecule has 10 heteroatoms. The number of carboxylic acids is 4. The molecule has 0 radical (unpaired) electrons. The molecule has 8 nitrogen and oxygen atoms in total. The van der Waals surface area contributed by atoms with Gasteiger partial charge in [-0.15, -0.1) is 0 Å². The molecule has 0 heterocycles. The van der Waals surface area contributed by atoms with Gasteiger partial charge in [-0.1, -0.05) is 0 Å². The third-order valence-corrected chi connectivity index (χ3v) is 0.333. The van der Waals surface area contributed by atoms with Gasteiger partial charge in [0, 0.05) is 0 Å². The van der Waals surface area contributed by atoms with Crippen molar-refractivity contribution in [2.24, 2.45) is 0 Å². The van der Waals surface area contributed by atoms with Crippen molar-refractivity contribution in [1.29, 1.82) is 0 Å². The van der Waals surface area contributed by atoms with Crippen LogP contribution in [0.2, 0.25) is 0 Å². The maximum Gasteiger partial charge on any atom is 4.00 e. The number of hydrogen-bond acceptors (Lipinski definition) is 8. The van der Waals surface area contributed by atoms with Crippen LogP contribution < -0.4 is 20.4 Å². The summed E-state index contributed by atoms with van der Waals surface area (Å²) in [5.74, 6) is -8.74. The zero-order chi connectivity index (χ0) is 10.3. The van der Waals surface area contributed by atoms with Crippen LogP contribution in [0.15, 0.2) is 0 Å². The Morgan fingerprint density at radius 3 is 0.643 bits per heavy atom. The van der Waals surface area contributed by atoms with E-state index >= 15 is 0 Å². The summed E-state index contributed by atoms with van der Waals surface area (Å²) in [4.78, 5) is 35.7. The average Bonchev–Trinajstić information content (AvgIpc) is 1.88. The first kappa shape index (κ1) is 23.7. The van der Waals surface area contributed by atoms with Crippen molar-refractivity contribution in [1.82, 2.24) is 0 Å². The van der Waals surface area contributed by atoms with E-state index in [0.717, 1.165) is 0 Å². The van der Waals surface area contributed by atoms with Gasteiger partial charge >= 0.3 is 67.2 Å². The Hall–Kier alpha value is 0.0748. The summed E-state index contributed by atoms with van der Waals surface area (Å²) in [5, 5.41) is 35.7. The molecular formula is C4O8SrTi+2. The molecule has 0 aromatic rings. The van der Waals surface area contributed by atoms with E-state index in [4.69, 9.17) is 39.6 Å². The van der Waals surface area contributed by atoms with E-state index in [9.17, 15) is 0 Å². The van der Waals surface area contributed by atoms with E-state index < -0.39 is 23.9 Å². The second kappa shape index (κ2) is 13.1. The largest absolute Gasteiger partial charge is 4.00 e. The topological polar surface area (TPSA) is 161 Å². The monoisotopic (exact) mass is 312 g/mol. The first-order chi connectivity index (χ1) is 5.29. The Morgan fingerprint density at radius 1 is 0.571 bits per heavy atom. The molecule has 0 aromatic heterocycles. The van der Waals surface area contributed by atoms with Gasteiger partial charge in [0.25, 0.3) is 0 Å². The molecule has 68 valence electrons. The standard InChI is InChI=1S/2C2H2O4.Sr.Ti/c2*3-1(4)2(5)6;;/h2*(H,3,4)(H,5,6);;/q;;+2;+4/p-4. The Bertz CT molecular complexity index is 177. The van der Waals surface area contributed by atoms with Crippen LogP contribution in [0.25, 0.3) is 0 Å². The number of aliphatic carboxylic acids is 4. The molecule has 0 unspecified atom stereocenters. The molecule has 0 fully saturated rings. The van der Waals surface area contributed by atoms with Gasteiger partial charge in [-0.05, 0) is 0 Å². The summed E-state index contributed by atoms with van der Waals surface area (Å²) in [7, 11) is 0. The molecule has 14 heavy (non-hydrogen) atoms. The van der Waals surface area contributed by atoms with E-state index in [0.29, 0.717) is 0 Å². The smallest absolute Gasteiger partial charge is 0.543 e. The number of hydrogen-bond donors (Lipinski definition) is 0. The second-order valence-corrected chi connectivity index (χ2v) is 1.15. The van der Waals surface area contributed by atoms with E-state index in [1.807, 2.05) is 0 Å². The summed E-state index contributed by atoms with van der Waals surface area (Å²) >= 11 is 0. The first-order valence-corrected chi connectivity index (χ1v) is 2.13. The van der Waals surface area contributed by atoms with Crippen molar-refractivity contribution >= 4 is 69.4 Å². The van der Waals surface area contributed by atoms with Crippen LogP contribution in [-0.4, -0.2) is 69.4 Å².